The van der Waals surface area contributed by atoms with Crippen molar-refractivity contribution in [2.24, 2.45) is 0 Å². The number of rotatable bonds is 2. The van der Waals surface area contributed by atoms with Gasteiger partial charge in [-0.1, -0.05) is 36.4 Å². The predicted molar refractivity (Wildman–Crippen MR) is 154 cm³/mol. The molecule has 1 aliphatic rings. The number of hydrogen-bond acceptors (Lipinski definition) is 8. The minimum absolute atomic E-state index is 0.00238. The van der Waals surface area contributed by atoms with Crippen LogP contribution in [-0.4, -0.2) is 9.85 Å². The Labute approximate surface area is 237 Å². The van der Waals surface area contributed by atoms with Gasteiger partial charge in [0, 0.05) is 0 Å². The molecule has 0 radical (unpaired) electrons. The van der Waals surface area contributed by atoms with Crippen LogP contribution in [0.3, 0.4) is 0 Å². The molecule has 0 aliphatic carbocycles. The van der Waals surface area contributed by atoms with E-state index < -0.39 is 9.85 Å². The van der Waals surface area contributed by atoms with Crippen LogP contribution in [0.25, 0.3) is 21.5 Å². The molecule has 0 spiro atoms. The van der Waals surface area contributed by atoms with Gasteiger partial charge in [-0.15, -0.1) is 0 Å². The van der Waals surface area contributed by atoms with Crippen LogP contribution in [0.15, 0.2) is 109 Å². The predicted octanol–water partition coefficient (Wildman–Crippen LogP) is 9.29. The highest BCUT2D eigenvalue weighted by Crippen LogP contribution is 2.44. The van der Waals surface area contributed by atoms with E-state index >= 15 is 0 Å². The van der Waals surface area contributed by atoms with Crippen molar-refractivity contribution < 1.29 is 28.8 Å². The maximum Gasteiger partial charge on any atom is 0.353 e. The second-order valence-electron chi connectivity index (χ2n) is 9.47. The smallest absolute Gasteiger partial charge is 0.353 e. The van der Waals surface area contributed by atoms with Crippen LogP contribution in [0, 0.1) is 20.2 Å². The van der Waals surface area contributed by atoms with Gasteiger partial charge in [0.05, 0.1) is 9.85 Å². The summed E-state index contributed by atoms with van der Waals surface area (Å²) in [4.78, 5) is 23.3. The lowest BCUT2D eigenvalue weighted by Gasteiger charge is -2.13. The molecule has 0 N–H and O–H groups in total. The quantitative estimate of drug-likeness (QED) is 0.152. The number of fused-ring (bicyclic) bond motifs is 8. The van der Waals surface area contributed by atoms with E-state index in [9.17, 15) is 20.2 Å². The monoisotopic (exact) mass is 558 g/mol. The molecule has 0 saturated carbocycles. The van der Waals surface area contributed by atoms with Crippen LogP contribution in [-0.2, 0) is 0 Å². The third-order valence-electron chi connectivity index (χ3n) is 6.77. The van der Waals surface area contributed by atoms with Crippen molar-refractivity contribution in [3.63, 3.8) is 0 Å². The van der Waals surface area contributed by atoms with Crippen molar-refractivity contribution in [3.05, 3.63) is 129 Å². The fourth-order valence-corrected chi connectivity index (χ4v) is 4.86. The molecule has 0 saturated heterocycles. The molecule has 10 bridgehead atoms. The van der Waals surface area contributed by atoms with Gasteiger partial charge < -0.3 is 18.9 Å². The zero-order valence-electron chi connectivity index (χ0n) is 21.6. The second kappa shape index (κ2) is 9.79. The van der Waals surface area contributed by atoms with Gasteiger partial charge in [0.15, 0.2) is 0 Å². The van der Waals surface area contributed by atoms with E-state index in [0.717, 1.165) is 10.8 Å². The highest BCUT2D eigenvalue weighted by molar-refractivity contribution is 5.86. The summed E-state index contributed by atoms with van der Waals surface area (Å²) in [6, 6.07) is 30.0. The van der Waals surface area contributed by atoms with Crippen LogP contribution in [0.5, 0.6) is 46.0 Å². The Hall–Kier alpha value is -6.16. The lowest BCUT2D eigenvalue weighted by atomic mass is 10.1. The number of benzene rings is 6. The molecule has 0 unspecified atom stereocenters. The van der Waals surface area contributed by atoms with Crippen LogP contribution >= 0.6 is 0 Å². The van der Waals surface area contributed by atoms with Gasteiger partial charge in [0.1, 0.15) is 23.0 Å². The molecule has 10 heteroatoms. The Bertz CT molecular complexity index is 1810. The molecular weight excluding hydrogens is 540 g/mol. The summed E-state index contributed by atoms with van der Waals surface area (Å²) < 4.78 is 24.0. The van der Waals surface area contributed by atoms with Crippen molar-refractivity contribution in [1.82, 2.24) is 0 Å². The summed E-state index contributed by atoms with van der Waals surface area (Å²) >= 11 is 0. The van der Waals surface area contributed by atoms with E-state index in [1.165, 1.54) is 24.3 Å². The first-order chi connectivity index (χ1) is 20.4. The Morgan fingerprint density at radius 1 is 0.405 bits per heavy atom. The SMILES string of the molecule is O=[N+]([O-])c1c2cccc1Oc1ccc3ccc(cc3c1)Oc1cccc(c1[N+](=O)[O-])Oc1ccc3ccc(cc3c1)O2. The van der Waals surface area contributed by atoms with Crippen molar-refractivity contribution in [2.45, 2.75) is 0 Å². The van der Waals surface area contributed by atoms with Gasteiger partial charge >= 0.3 is 11.4 Å². The first-order valence-electron chi connectivity index (χ1n) is 12.8. The van der Waals surface area contributed by atoms with Crippen molar-refractivity contribution in [2.75, 3.05) is 0 Å². The zero-order chi connectivity index (χ0) is 28.8. The molecule has 204 valence electrons. The molecule has 0 atom stereocenters. The number of para-hydroxylation sites is 2. The highest BCUT2D eigenvalue weighted by atomic mass is 16.6. The van der Waals surface area contributed by atoms with E-state index in [0.29, 0.717) is 33.8 Å². The second-order valence-corrected chi connectivity index (χ2v) is 9.47. The van der Waals surface area contributed by atoms with E-state index in [4.69, 9.17) is 18.9 Å². The van der Waals surface area contributed by atoms with E-state index in [2.05, 4.69) is 0 Å². The summed E-state index contributed by atoms with van der Waals surface area (Å²) in [6.07, 6.45) is 0. The first kappa shape index (κ1) is 24.9. The minimum Gasteiger partial charge on any atom is -0.450 e. The van der Waals surface area contributed by atoms with Crippen LogP contribution in [0.4, 0.5) is 11.4 Å². The van der Waals surface area contributed by atoms with Gasteiger partial charge in [0.25, 0.3) is 0 Å². The topological polar surface area (TPSA) is 123 Å². The molecule has 6 aromatic carbocycles. The summed E-state index contributed by atoms with van der Waals surface area (Å²) in [7, 11) is 0. The maximum atomic E-state index is 12.2. The normalized spacial score (nSPS) is 12.0. The molecule has 0 aromatic heterocycles. The number of nitro groups is 2. The molecule has 1 aliphatic heterocycles. The molecule has 42 heavy (non-hydrogen) atoms. The van der Waals surface area contributed by atoms with E-state index in [1.807, 2.05) is 0 Å². The molecule has 0 fully saturated rings. The summed E-state index contributed by atoms with van der Waals surface area (Å²) in [5, 5.41) is 27.4. The number of nitrogens with zero attached hydrogens (tertiary/aromatic N) is 2. The minimum atomic E-state index is -0.544. The summed E-state index contributed by atoms with van der Waals surface area (Å²) in [5.74, 6) is 1.38. The van der Waals surface area contributed by atoms with Crippen molar-refractivity contribution >= 4 is 32.9 Å². The van der Waals surface area contributed by atoms with Crippen LogP contribution in [0.2, 0.25) is 0 Å². The van der Waals surface area contributed by atoms with Crippen molar-refractivity contribution in [3.8, 4) is 46.0 Å². The Morgan fingerprint density at radius 2 is 0.690 bits per heavy atom. The Kier molecular flexibility index (Phi) is 5.79. The highest BCUT2D eigenvalue weighted by Gasteiger charge is 2.25. The zero-order valence-corrected chi connectivity index (χ0v) is 21.6. The fraction of sp³-hybridized carbons (Fsp3) is 0. The first-order valence-corrected chi connectivity index (χ1v) is 12.8. The van der Waals surface area contributed by atoms with Crippen molar-refractivity contribution in [1.29, 1.82) is 0 Å². The lowest BCUT2D eigenvalue weighted by molar-refractivity contribution is -0.386. The molecule has 0 amide bonds. The third kappa shape index (κ3) is 4.52. The van der Waals surface area contributed by atoms with Gasteiger partial charge in [-0.25, -0.2) is 0 Å². The third-order valence-corrected chi connectivity index (χ3v) is 6.77. The number of ether oxygens (including phenoxy) is 4. The average molecular weight is 559 g/mol. The van der Waals surface area contributed by atoms with E-state index in [-0.39, 0.29) is 34.4 Å². The average Bonchev–Trinajstić information content (AvgIpc) is 2.96. The largest absolute Gasteiger partial charge is 0.450 e. The molecule has 6 aromatic rings. The fourth-order valence-electron chi connectivity index (χ4n) is 4.86. The van der Waals surface area contributed by atoms with Gasteiger partial charge in [-0.3, -0.25) is 20.2 Å². The summed E-state index contributed by atoms with van der Waals surface area (Å²) in [6.45, 7) is 0. The Morgan fingerprint density at radius 3 is 0.952 bits per heavy atom. The molecule has 1 heterocycles. The number of hydrogen-bond donors (Lipinski definition) is 0. The Balaban J connectivity index is 1.44. The maximum absolute atomic E-state index is 12.2. The molecular formula is C32H18N2O8. The van der Waals surface area contributed by atoms with Gasteiger partial charge in [0.2, 0.25) is 23.0 Å². The standard InChI is InChI=1S/C32H18N2O8/c35-33(36)31-27-3-1-4-28(31)40-24-12-8-20-10-14-26(18-22(20)16-24)42-30-6-2-5-29(32(30)34(37)38)41-25-13-9-19-7-11-23(39-27)15-21(19)17-25/h1-18H. The number of nitro benzene ring substituents is 2. The molecule has 7 rings (SSSR count). The molecule has 10 nitrogen and oxygen atoms in total. The van der Waals surface area contributed by atoms with Gasteiger partial charge in [-0.05, 0) is 94.3 Å². The summed E-state index contributed by atoms with van der Waals surface area (Å²) in [5.41, 5.74) is -0.654. The lowest BCUT2D eigenvalue weighted by Crippen LogP contribution is -1.98. The van der Waals surface area contributed by atoms with Crippen LogP contribution < -0.4 is 18.9 Å². The van der Waals surface area contributed by atoms with E-state index in [1.54, 1.807) is 84.9 Å². The van der Waals surface area contributed by atoms with Gasteiger partial charge in [-0.2, -0.15) is 0 Å². The van der Waals surface area contributed by atoms with Crippen LogP contribution in [0.1, 0.15) is 0 Å².